The number of nitrogens with zero attached hydrogens (tertiary/aromatic N) is 2. The van der Waals surface area contributed by atoms with Gasteiger partial charge < -0.3 is 21.5 Å². The van der Waals surface area contributed by atoms with E-state index in [0.717, 1.165) is 11.3 Å². The summed E-state index contributed by atoms with van der Waals surface area (Å²) in [6, 6.07) is 8.66. The molecule has 0 radical (unpaired) electrons. The van der Waals surface area contributed by atoms with Gasteiger partial charge >= 0.3 is 5.97 Å². The van der Waals surface area contributed by atoms with E-state index in [4.69, 9.17) is 5.73 Å². The predicted molar refractivity (Wildman–Crippen MR) is 89.5 cm³/mol. The Morgan fingerprint density at radius 3 is 2.78 bits per heavy atom. The van der Waals surface area contributed by atoms with Crippen molar-refractivity contribution >= 4 is 23.4 Å². The van der Waals surface area contributed by atoms with Crippen LogP contribution in [0.25, 0.3) is 0 Å². The number of carbonyl (C=O) groups is 1. The molecule has 0 saturated heterocycles. The number of carboxylic acids is 1. The van der Waals surface area contributed by atoms with E-state index in [1.807, 2.05) is 38.1 Å². The lowest BCUT2D eigenvalue weighted by molar-refractivity contribution is -0.138. The van der Waals surface area contributed by atoms with Crippen molar-refractivity contribution in [2.75, 3.05) is 10.6 Å². The summed E-state index contributed by atoms with van der Waals surface area (Å²) in [7, 11) is 0. The Labute approximate surface area is 135 Å². The summed E-state index contributed by atoms with van der Waals surface area (Å²) in [6.45, 7) is 4.11. The molecular weight excluding hydrogens is 294 g/mol. The molecule has 0 bridgehead atoms. The lowest BCUT2D eigenvalue weighted by Crippen LogP contribution is -2.34. The summed E-state index contributed by atoms with van der Waals surface area (Å²) in [5.74, 6) is -0.179. The molecule has 23 heavy (non-hydrogen) atoms. The number of carboxylic acid groups (broad SMARTS) is 1. The summed E-state index contributed by atoms with van der Waals surface area (Å²) in [5, 5.41) is 15.2. The minimum atomic E-state index is -0.933. The Kier molecular flexibility index (Phi) is 5.48. The highest BCUT2D eigenvalue weighted by Gasteiger charge is 2.22. The largest absolute Gasteiger partial charge is 0.480 e. The molecular formula is C16H21N5O2. The van der Waals surface area contributed by atoms with E-state index in [-0.39, 0.29) is 11.9 Å². The number of nitrogens with one attached hydrogen (secondary N) is 2. The lowest BCUT2D eigenvalue weighted by atomic mass is 10.1. The lowest BCUT2D eigenvalue weighted by Gasteiger charge is -2.18. The molecule has 0 aliphatic heterocycles. The first kappa shape index (κ1) is 16.7. The van der Waals surface area contributed by atoms with Gasteiger partial charge in [0.25, 0.3) is 0 Å². The Morgan fingerprint density at radius 1 is 1.35 bits per heavy atom. The average Bonchev–Trinajstić information content (AvgIpc) is 2.52. The van der Waals surface area contributed by atoms with Crippen molar-refractivity contribution in [1.82, 2.24) is 9.97 Å². The van der Waals surface area contributed by atoms with Gasteiger partial charge in [-0.25, -0.2) is 9.78 Å². The molecule has 0 spiro atoms. The van der Waals surface area contributed by atoms with E-state index < -0.39 is 12.0 Å². The number of rotatable bonds is 7. The van der Waals surface area contributed by atoms with Gasteiger partial charge in [-0.05, 0) is 29.7 Å². The van der Waals surface area contributed by atoms with Crippen molar-refractivity contribution in [2.24, 2.45) is 11.7 Å². The average molecular weight is 315 g/mol. The minimum Gasteiger partial charge on any atom is -0.480 e. The summed E-state index contributed by atoms with van der Waals surface area (Å²) in [6.07, 6.45) is 1.57. The van der Waals surface area contributed by atoms with Crippen molar-refractivity contribution in [3.05, 3.63) is 42.1 Å². The van der Waals surface area contributed by atoms with Gasteiger partial charge in [-0.15, -0.1) is 0 Å². The number of hydrogen-bond acceptors (Lipinski definition) is 6. The van der Waals surface area contributed by atoms with E-state index in [1.165, 1.54) is 0 Å². The number of nitrogens with two attached hydrogens (primary N) is 1. The smallest absolute Gasteiger partial charge is 0.326 e. The van der Waals surface area contributed by atoms with Crippen molar-refractivity contribution in [2.45, 2.75) is 26.4 Å². The predicted octanol–water partition coefficient (Wildman–Crippen LogP) is 2.20. The molecule has 1 aromatic carbocycles. The topological polar surface area (TPSA) is 113 Å². The summed E-state index contributed by atoms with van der Waals surface area (Å²) < 4.78 is 0. The van der Waals surface area contributed by atoms with Crippen LogP contribution in [0.3, 0.4) is 0 Å². The molecule has 5 N–H and O–H groups in total. The van der Waals surface area contributed by atoms with Gasteiger partial charge in [0.05, 0.1) is 0 Å². The number of aromatic nitrogens is 2. The fourth-order valence-electron chi connectivity index (χ4n) is 2.07. The zero-order valence-electron chi connectivity index (χ0n) is 13.2. The first-order chi connectivity index (χ1) is 11.0. The van der Waals surface area contributed by atoms with Crippen molar-refractivity contribution in [1.29, 1.82) is 0 Å². The molecule has 1 heterocycles. The monoisotopic (exact) mass is 315 g/mol. The molecule has 1 aromatic heterocycles. The van der Waals surface area contributed by atoms with Crippen LogP contribution in [-0.4, -0.2) is 27.1 Å². The van der Waals surface area contributed by atoms with Crippen LogP contribution in [0.2, 0.25) is 0 Å². The highest BCUT2D eigenvalue weighted by atomic mass is 16.4. The van der Waals surface area contributed by atoms with E-state index >= 15 is 0 Å². The molecule has 122 valence electrons. The molecule has 0 fully saturated rings. The van der Waals surface area contributed by atoms with Gasteiger partial charge in [0.2, 0.25) is 5.95 Å². The van der Waals surface area contributed by atoms with Crippen molar-refractivity contribution < 1.29 is 9.90 Å². The van der Waals surface area contributed by atoms with E-state index in [1.54, 1.807) is 12.3 Å². The standard InChI is InChI=1S/C16H21N5O2/c1-10(2)14(15(22)23)21-16-18-7-6-13(20-16)19-12-5-3-4-11(8-12)9-17/h3-8,10,14H,9,17H2,1-2H3,(H,22,23)(H2,18,19,20,21)/t14-/m0/s1. The molecule has 0 saturated carbocycles. The maximum absolute atomic E-state index is 11.2. The van der Waals surface area contributed by atoms with Crippen LogP contribution in [0.15, 0.2) is 36.5 Å². The van der Waals surface area contributed by atoms with Crippen LogP contribution in [-0.2, 0) is 11.3 Å². The van der Waals surface area contributed by atoms with Gasteiger partial charge in [0.15, 0.2) is 0 Å². The van der Waals surface area contributed by atoms with Crippen LogP contribution in [0, 0.1) is 5.92 Å². The normalized spacial score (nSPS) is 12.0. The SMILES string of the molecule is CC(C)[C@H](Nc1nccc(Nc2cccc(CN)c2)n1)C(=O)O. The Hall–Kier alpha value is -2.67. The highest BCUT2D eigenvalue weighted by molar-refractivity contribution is 5.77. The van der Waals surface area contributed by atoms with Crippen LogP contribution in [0.4, 0.5) is 17.5 Å². The molecule has 0 amide bonds. The fourth-order valence-corrected chi connectivity index (χ4v) is 2.07. The molecule has 0 aliphatic carbocycles. The third-order valence-electron chi connectivity index (χ3n) is 3.31. The quantitative estimate of drug-likeness (QED) is 0.619. The first-order valence-corrected chi connectivity index (χ1v) is 7.38. The third-order valence-corrected chi connectivity index (χ3v) is 3.31. The van der Waals surface area contributed by atoms with E-state index in [2.05, 4.69) is 20.6 Å². The van der Waals surface area contributed by atoms with Gasteiger partial charge in [-0.2, -0.15) is 4.98 Å². The van der Waals surface area contributed by atoms with Gasteiger partial charge in [0, 0.05) is 18.4 Å². The maximum atomic E-state index is 11.2. The molecule has 0 aliphatic rings. The highest BCUT2D eigenvalue weighted by Crippen LogP contribution is 2.17. The Morgan fingerprint density at radius 2 is 2.13 bits per heavy atom. The van der Waals surface area contributed by atoms with E-state index in [9.17, 15) is 9.90 Å². The Bertz CT molecular complexity index is 675. The van der Waals surface area contributed by atoms with Gasteiger partial charge in [0.1, 0.15) is 11.9 Å². The second kappa shape index (κ2) is 7.55. The molecule has 2 rings (SSSR count). The Balaban J connectivity index is 2.14. The van der Waals surface area contributed by atoms with Crippen LogP contribution < -0.4 is 16.4 Å². The molecule has 7 nitrogen and oxygen atoms in total. The summed E-state index contributed by atoms with van der Waals surface area (Å²) in [5.41, 5.74) is 7.49. The van der Waals surface area contributed by atoms with Crippen molar-refractivity contribution in [3.63, 3.8) is 0 Å². The van der Waals surface area contributed by atoms with E-state index in [0.29, 0.717) is 12.4 Å². The zero-order valence-corrected chi connectivity index (χ0v) is 13.2. The maximum Gasteiger partial charge on any atom is 0.326 e. The number of hydrogen-bond donors (Lipinski definition) is 4. The number of benzene rings is 1. The molecule has 0 unspecified atom stereocenters. The van der Waals surface area contributed by atoms with Crippen LogP contribution in [0.5, 0.6) is 0 Å². The zero-order chi connectivity index (χ0) is 16.8. The number of aliphatic carboxylic acids is 1. The van der Waals surface area contributed by atoms with Gasteiger partial charge in [-0.1, -0.05) is 26.0 Å². The summed E-state index contributed by atoms with van der Waals surface area (Å²) in [4.78, 5) is 19.6. The molecule has 7 heteroatoms. The molecule has 2 aromatic rings. The molecule has 1 atom stereocenters. The fraction of sp³-hybridized carbons (Fsp3) is 0.312. The first-order valence-electron chi connectivity index (χ1n) is 7.38. The second-order valence-electron chi connectivity index (χ2n) is 5.50. The number of anilines is 3. The second-order valence-corrected chi connectivity index (χ2v) is 5.50. The minimum absolute atomic E-state index is 0.0889. The van der Waals surface area contributed by atoms with Crippen LogP contribution >= 0.6 is 0 Å². The third kappa shape index (κ3) is 4.65. The van der Waals surface area contributed by atoms with Gasteiger partial charge in [-0.3, -0.25) is 0 Å². The van der Waals surface area contributed by atoms with Crippen LogP contribution in [0.1, 0.15) is 19.4 Å². The summed E-state index contributed by atoms with van der Waals surface area (Å²) >= 11 is 0. The van der Waals surface area contributed by atoms with Crippen molar-refractivity contribution in [3.8, 4) is 0 Å².